The molecule has 1 aromatic heterocycles. The molecule has 0 radical (unpaired) electrons. The van der Waals surface area contributed by atoms with Crippen molar-refractivity contribution in [3.63, 3.8) is 0 Å². The Hall–Kier alpha value is -1.37. The largest absolute Gasteiger partial charge is 0.459 e. The van der Waals surface area contributed by atoms with Gasteiger partial charge in [-0.3, -0.25) is 15.1 Å². The topological polar surface area (TPSA) is 80.7 Å². The summed E-state index contributed by atoms with van der Waals surface area (Å²) in [4.78, 5) is 13.9. The van der Waals surface area contributed by atoms with Crippen molar-refractivity contribution in [3.05, 3.63) is 23.7 Å². The van der Waals surface area contributed by atoms with Crippen LogP contribution in [0.4, 0.5) is 0 Å². The van der Waals surface area contributed by atoms with Gasteiger partial charge in [-0.1, -0.05) is 13.8 Å². The normalized spacial score (nSPS) is 11.3. The zero-order chi connectivity index (χ0) is 15.0. The molecule has 0 fully saturated rings. The van der Waals surface area contributed by atoms with Crippen molar-refractivity contribution in [3.8, 4) is 0 Å². The van der Waals surface area contributed by atoms with Crippen LogP contribution in [-0.2, 0) is 11.3 Å². The lowest BCUT2D eigenvalue weighted by Gasteiger charge is -2.30. The van der Waals surface area contributed by atoms with Gasteiger partial charge in [-0.05, 0) is 18.9 Å². The standard InChI is InChI=1S/C14H25N3O3/c1-4-12(5-2)17(7-9-19-3)10-11-6-8-20-13(11)14(18)16-15/h6,8,12H,4-5,7,9-10,15H2,1-3H3,(H,16,18). The minimum atomic E-state index is -0.402. The van der Waals surface area contributed by atoms with Crippen LogP contribution in [0, 0.1) is 0 Å². The Balaban J connectivity index is 2.83. The molecule has 20 heavy (non-hydrogen) atoms. The van der Waals surface area contributed by atoms with Crippen molar-refractivity contribution >= 4 is 5.91 Å². The summed E-state index contributed by atoms with van der Waals surface area (Å²) in [6.07, 6.45) is 3.62. The molecule has 0 unspecified atom stereocenters. The number of nitrogens with two attached hydrogens (primary N) is 1. The first kappa shape index (κ1) is 16.7. The van der Waals surface area contributed by atoms with Crippen molar-refractivity contribution in [2.24, 2.45) is 5.84 Å². The Labute approximate surface area is 120 Å². The Morgan fingerprint density at radius 1 is 1.50 bits per heavy atom. The molecule has 0 spiro atoms. The van der Waals surface area contributed by atoms with E-state index in [9.17, 15) is 4.79 Å². The maximum Gasteiger partial charge on any atom is 0.301 e. The summed E-state index contributed by atoms with van der Waals surface area (Å²) in [7, 11) is 1.69. The zero-order valence-corrected chi connectivity index (χ0v) is 12.5. The highest BCUT2D eigenvalue weighted by Crippen LogP contribution is 2.17. The van der Waals surface area contributed by atoms with Crippen LogP contribution in [0.5, 0.6) is 0 Å². The summed E-state index contributed by atoms with van der Waals surface area (Å²) >= 11 is 0. The predicted molar refractivity (Wildman–Crippen MR) is 77.0 cm³/mol. The number of carbonyl (C=O) groups is 1. The van der Waals surface area contributed by atoms with Gasteiger partial charge in [0.2, 0.25) is 0 Å². The van der Waals surface area contributed by atoms with Crippen LogP contribution in [0.2, 0.25) is 0 Å². The van der Waals surface area contributed by atoms with E-state index in [2.05, 4.69) is 24.2 Å². The van der Waals surface area contributed by atoms with E-state index in [-0.39, 0.29) is 5.76 Å². The first-order chi connectivity index (χ1) is 9.67. The van der Waals surface area contributed by atoms with Crippen LogP contribution >= 0.6 is 0 Å². The number of methoxy groups -OCH3 is 1. The van der Waals surface area contributed by atoms with Gasteiger partial charge in [0.05, 0.1) is 12.9 Å². The molecule has 6 heteroatoms. The number of amides is 1. The molecule has 0 bridgehead atoms. The van der Waals surface area contributed by atoms with Crippen molar-refractivity contribution in [2.75, 3.05) is 20.3 Å². The number of hydrazine groups is 1. The van der Waals surface area contributed by atoms with Crippen LogP contribution in [-0.4, -0.2) is 37.1 Å². The quantitative estimate of drug-likeness (QED) is 0.408. The number of hydrogen-bond donors (Lipinski definition) is 2. The van der Waals surface area contributed by atoms with Gasteiger partial charge in [-0.25, -0.2) is 5.84 Å². The fourth-order valence-electron chi connectivity index (χ4n) is 2.35. The van der Waals surface area contributed by atoms with Gasteiger partial charge < -0.3 is 9.15 Å². The third kappa shape index (κ3) is 4.33. The molecule has 0 saturated carbocycles. The van der Waals surface area contributed by atoms with E-state index in [4.69, 9.17) is 15.0 Å². The molecule has 1 rings (SSSR count). The summed E-state index contributed by atoms with van der Waals surface area (Å²) in [5.74, 6) is 5.04. The minimum absolute atomic E-state index is 0.279. The number of ether oxygens (including phenoxy) is 1. The average Bonchev–Trinajstić information content (AvgIpc) is 2.93. The fourth-order valence-corrected chi connectivity index (χ4v) is 2.35. The third-order valence-corrected chi connectivity index (χ3v) is 3.50. The second kappa shape index (κ2) is 8.73. The van der Waals surface area contributed by atoms with Gasteiger partial charge >= 0.3 is 5.91 Å². The van der Waals surface area contributed by atoms with Crippen LogP contribution in [0.1, 0.15) is 42.8 Å². The molecular formula is C14H25N3O3. The predicted octanol–water partition coefficient (Wildman–Crippen LogP) is 1.52. The highest BCUT2D eigenvalue weighted by Gasteiger charge is 2.20. The smallest absolute Gasteiger partial charge is 0.301 e. The molecule has 3 N–H and O–H groups in total. The van der Waals surface area contributed by atoms with Gasteiger partial charge in [0.15, 0.2) is 5.76 Å². The Bertz CT molecular complexity index is 402. The van der Waals surface area contributed by atoms with E-state index in [1.54, 1.807) is 7.11 Å². The van der Waals surface area contributed by atoms with E-state index < -0.39 is 5.91 Å². The summed E-state index contributed by atoms with van der Waals surface area (Å²) in [5.41, 5.74) is 2.95. The van der Waals surface area contributed by atoms with E-state index in [0.29, 0.717) is 19.2 Å². The van der Waals surface area contributed by atoms with Gasteiger partial charge in [0.25, 0.3) is 0 Å². The Morgan fingerprint density at radius 3 is 2.75 bits per heavy atom. The highest BCUT2D eigenvalue weighted by atomic mass is 16.5. The molecule has 0 aliphatic carbocycles. The molecular weight excluding hydrogens is 258 g/mol. The highest BCUT2D eigenvalue weighted by molar-refractivity contribution is 5.92. The van der Waals surface area contributed by atoms with Crippen molar-refractivity contribution in [1.29, 1.82) is 0 Å². The molecule has 0 aliphatic rings. The van der Waals surface area contributed by atoms with Crippen molar-refractivity contribution in [2.45, 2.75) is 39.3 Å². The lowest BCUT2D eigenvalue weighted by molar-refractivity contribution is 0.0914. The number of nitrogens with one attached hydrogen (secondary N) is 1. The SMILES string of the molecule is CCC(CC)N(CCOC)Cc1ccoc1C(=O)NN. The number of hydrogen-bond acceptors (Lipinski definition) is 5. The van der Waals surface area contributed by atoms with Crippen LogP contribution < -0.4 is 11.3 Å². The van der Waals surface area contributed by atoms with Gasteiger partial charge in [-0.15, -0.1) is 0 Å². The third-order valence-electron chi connectivity index (χ3n) is 3.50. The number of furan rings is 1. The molecule has 1 aromatic rings. The molecule has 0 saturated heterocycles. The summed E-state index contributed by atoms with van der Waals surface area (Å²) in [6.45, 7) is 6.45. The maximum absolute atomic E-state index is 11.6. The number of nitrogens with zero attached hydrogens (tertiary/aromatic N) is 1. The average molecular weight is 283 g/mol. The molecule has 0 atom stereocenters. The second-order valence-corrected chi connectivity index (χ2v) is 4.68. The molecule has 1 amide bonds. The van der Waals surface area contributed by atoms with E-state index in [1.807, 2.05) is 6.07 Å². The van der Waals surface area contributed by atoms with E-state index >= 15 is 0 Å². The van der Waals surface area contributed by atoms with Gasteiger partial charge in [-0.2, -0.15) is 0 Å². The van der Waals surface area contributed by atoms with Crippen molar-refractivity contribution in [1.82, 2.24) is 10.3 Å². The first-order valence-corrected chi connectivity index (χ1v) is 6.98. The van der Waals surface area contributed by atoms with E-state index in [0.717, 1.165) is 24.9 Å². The lowest BCUT2D eigenvalue weighted by atomic mass is 10.1. The molecule has 1 heterocycles. The lowest BCUT2D eigenvalue weighted by Crippen LogP contribution is -2.37. The Kier molecular flexibility index (Phi) is 7.28. The molecule has 0 aromatic carbocycles. The van der Waals surface area contributed by atoms with Gasteiger partial charge in [0, 0.05) is 31.8 Å². The Morgan fingerprint density at radius 2 is 2.20 bits per heavy atom. The van der Waals surface area contributed by atoms with E-state index in [1.165, 1.54) is 6.26 Å². The summed E-state index contributed by atoms with van der Waals surface area (Å²) < 4.78 is 10.4. The molecule has 114 valence electrons. The number of carbonyl (C=O) groups excluding carboxylic acids is 1. The maximum atomic E-state index is 11.6. The monoisotopic (exact) mass is 283 g/mol. The van der Waals surface area contributed by atoms with Gasteiger partial charge in [0.1, 0.15) is 0 Å². The first-order valence-electron chi connectivity index (χ1n) is 6.98. The van der Waals surface area contributed by atoms with Crippen LogP contribution in [0.25, 0.3) is 0 Å². The molecule has 6 nitrogen and oxygen atoms in total. The second-order valence-electron chi connectivity index (χ2n) is 4.68. The molecule has 0 aliphatic heterocycles. The number of nitrogen functional groups attached to an aromatic ring is 1. The van der Waals surface area contributed by atoms with Crippen LogP contribution in [0.15, 0.2) is 16.7 Å². The number of rotatable bonds is 9. The zero-order valence-electron chi connectivity index (χ0n) is 12.5. The minimum Gasteiger partial charge on any atom is -0.459 e. The van der Waals surface area contributed by atoms with Crippen LogP contribution in [0.3, 0.4) is 0 Å². The fraction of sp³-hybridized carbons (Fsp3) is 0.643. The summed E-state index contributed by atoms with van der Waals surface area (Å²) in [6, 6.07) is 2.26. The summed E-state index contributed by atoms with van der Waals surface area (Å²) in [5, 5.41) is 0. The van der Waals surface area contributed by atoms with Crippen molar-refractivity contribution < 1.29 is 13.9 Å².